The summed E-state index contributed by atoms with van der Waals surface area (Å²) in [5.74, 6) is -0.935. The molecule has 2 rings (SSSR count). The smallest absolute Gasteiger partial charge is 0.331 e. The van der Waals surface area contributed by atoms with Crippen LogP contribution in [0.15, 0.2) is 23.8 Å². The molecule has 2 aromatic rings. The minimum absolute atomic E-state index is 0.268. The molecule has 0 fully saturated rings. The van der Waals surface area contributed by atoms with Crippen molar-refractivity contribution in [1.82, 2.24) is 4.57 Å². The van der Waals surface area contributed by atoms with Gasteiger partial charge < -0.3 is 9.67 Å². The van der Waals surface area contributed by atoms with E-state index in [0.717, 1.165) is 22.0 Å². The molecule has 0 atom stereocenters. The number of carboxylic acids is 1. The Morgan fingerprint density at radius 3 is 2.72 bits per heavy atom. The first-order valence-corrected chi connectivity index (χ1v) is 5.95. The SMILES string of the molecule is C/C(=C\c1c(Cl)n(C)c2cc(C)ccc12)C(=O)O. The summed E-state index contributed by atoms with van der Waals surface area (Å²) < 4.78 is 1.87. The molecule has 0 radical (unpaired) electrons. The number of hydrogen-bond acceptors (Lipinski definition) is 1. The predicted octanol–water partition coefficient (Wildman–Crippen LogP) is 3.63. The molecule has 0 unspecified atom stereocenters. The van der Waals surface area contributed by atoms with Crippen LogP contribution in [0.3, 0.4) is 0 Å². The summed E-state index contributed by atoms with van der Waals surface area (Å²) in [7, 11) is 1.87. The van der Waals surface area contributed by atoms with E-state index in [2.05, 4.69) is 0 Å². The highest BCUT2D eigenvalue weighted by atomic mass is 35.5. The van der Waals surface area contributed by atoms with Gasteiger partial charge in [0.2, 0.25) is 0 Å². The molecule has 1 aromatic carbocycles. The summed E-state index contributed by atoms with van der Waals surface area (Å²) in [5, 5.41) is 10.5. The maximum atomic E-state index is 10.9. The molecule has 94 valence electrons. The third-order valence-electron chi connectivity index (χ3n) is 3.02. The highest BCUT2D eigenvalue weighted by molar-refractivity contribution is 6.33. The maximum absolute atomic E-state index is 10.9. The molecule has 0 saturated heterocycles. The topological polar surface area (TPSA) is 42.2 Å². The van der Waals surface area contributed by atoms with Crippen molar-refractivity contribution in [2.75, 3.05) is 0 Å². The van der Waals surface area contributed by atoms with E-state index in [4.69, 9.17) is 16.7 Å². The lowest BCUT2D eigenvalue weighted by atomic mass is 10.1. The van der Waals surface area contributed by atoms with Crippen LogP contribution in [0.5, 0.6) is 0 Å². The number of rotatable bonds is 2. The van der Waals surface area contributed by atoms with Crippen LogP contribution in [-0.2, 0) is 11.8 Å². The molecular formula is C14H14ClNO2. The van der Waals surface area contributed by atoms with Crippen molar-refractivity contribution in [2.45, 2.75) is 13.8 Å². The lowest BCUT2D eigenvalue weighted by Crippen LogP contribution is -1.95. The molecule has 0 aliphatic carbocycles. The van der Waals surface area contributed by atoms with Crippen molar-refractivity contribution in [3.63, 3.8) is 0 Å². The number of aliphatic carboxylic acids is 1. The van der Waals surface area contributed by atoms with Gasteiger partial charge in [0, 0.05) is 29.1 Å². The van der Waals surface area contributed by atoms with Gasteiger partial charge in [0.05, 0.1) is 0 Å². The minimum atomic E-state index is -0.935. The van der Waals surface area contributed by atoms with Crippen molar-refractivity contribution in [3.8, 4) is 0 Å². The van der Waals surface area contributed by atoms with Crippen molar-refractivity contribution in [3.05, 3.63) is 40.1 Å². The van der Waals surface area contributed by atoms with Crippen molar-refractivity contribution in [1.29, 1.82) is 0 Å². The fraction of sp³-hybridized carbons (Fsp3) is 0.214. The number of carbonyl (C=O) groups is 1. The van der Waals surface area contributed by atoms with Gasteiger partial charge in [-0.2, -0.15) is 0 Å². The Bertz CT molecular complexity index is 668. The second-order valence-corrected chi connectivity index (χ2v) is 4.77. The zero-order valence-corrected chi connectivity index (χ0v) is 11.2. The average Bonchev–Trinajstić information content (AvgIpc) is 2.54. The molecule has 1 aromatic heterocycles. The second kappa shape index (κ2) is 4.50. The Kier molecular flexibility index (Phi) is 3.18. The molecule has 0 saturated carbocycles. The lowest BCUT2D eigenvalue weighted by Gasteiger charge is -1.97. The zero-order valence-electron chi connectivity index (χ0n) is 10.5. The van der Waals surface area contributed by atoms with Crippen LogP contribution in [-0.4, -0.2) is 15.6 Å². The molecule has 0 aliphatic rings. The first-order chi connectivity index (χ1) is 8.41. The molecule has 0 amide bonds. The van der Waals surface area contributed by atoms with Gasteiger partial charge in [0.15, 0.2) is 0 Å². The number of hydrogen-bond donors (Lipinski definition) is 1. The van der Waals surface area contributed by atoms with Crippen LogP contribution in [0.25, 0.3) is 17.0 Å². The minimum Gasteiger partial charge on any atom is -0.478 e. The third-order valence-corrected chi connectivity index (χ3v) is 3.48. The largest absolute Gasteiger partial charge is 0.478 e. The van der Waals surface area contributed by atoms with Crippen LogP contribution in [0, 0.1) is 6.92 Å². The van der Waals surface area contributed by atoms with Gasteiger partial charge >= 0.3 is 5.97 Å². The lowest BCUT2D eigenvalue weighted by molar-refractivity contribution is -0.132. The molecule has 3 nitrogen and oxygen atoms in total. The Labute approximate surface area is 110 Å². The van der Waals surface area contributed by atoms with E-state index in [1.165, 1.54) is 0 Å². The third kappa shape index (κ3) is 2.02. The fourth-order valence-electron chi connectivity index (χ4n) is 1.96. The predicted molar refractivity (Wildman–Crippen MR) is 74.0 cm³/mol. The highest BCUT2D eigenvalue weighted by Crippen LogP contribution is 2.31. The van der Waals surface area contributed by atoms with Crippen LogP contribution in [0.4, 0.5) is 0 Å². The summed E-state index contributed by atoms with van der Waals surface area (Å²) in [4.78, 5) is 10.9. The van der Waals surface area contributed by atoms with Crippen molar-refractivity contribution < 1.29 is 9.90 Å². The fourth-order valence-corrected chi connectivity index (χ4v) is 2.21. The molecule has 0 spiro atoms. The molecular weight excluding hydrogens is 250 g/mol. The summed E-state index contributed by atoms with van der Waals surface area (Å²) in [5.41, 5.74) is 3.17. The molecule has 1 N–H and O–H groups in total. The number of aromatic nitrogens is 1. The van der Waals surface area contributed by atoms with E-state index in [9.17, 15) is 4.79 Å². The standard InChI is InChI=1S/C14H14ClNO2/c1-8-4-5-10-11(7-9(2)14(17)18)13(15)16(3)12(10)6-8/h4-7H,1-3H3,(H,17,18)/b9-7+. The average molecular weight is 264 g/mol. The Balaban J connectivity index is 2.76. The van der Waals surface area contributed by atoms with Gasteiger partial charge in [-0.15, -0.1) is 0 Å². The number of aryl methyl sites for hydroxylation is 2. The molecule has 18 heavy (non-hydrogen) atoms. The van der Waals surface area contributed by atoms with E-state index in [-0.39, 0.29) is 5.57 Å². The van der Waals surface area contributed by atoms with Gasteiger partial charge in [-0.1, -0.05) is 23.7 Å². The Hall–Kier alpha value is -1.74. The van der Waals surface area contributed by atoms with Crippen molar-refractivity contribution in [2.24, 2.45) is 7.05 Å². The molecule has 1 heterocycles. The number of halogens is 1. The van der Waals surface area contributed by atoms with Gasteiger partial charge in [-0.25, -0.2) is 4.79 Å². The number of benzene rings is 1. The number of carboxylic acid groups (broad SMARTS) is 1. The highest BCUT2D eigenvalue weighted by Gasteiger charge is 2.13. The second-order valence-electron chi connectivity index (χ2n) is 4.42. The normalized spacial score (nSPS) is 12.1. The van der Waals surface area contributed by atoms with Gasteiger partial charge in [-0.05, 0) is 31.6 Å². The van der Waals surface area contributed by atoms with E-state index in [1.807, 2.05) is 36.7 Å². The summed E-state index contributed by atoms with van der Waals surface area (Å²) in [6, 6.07) is 6.00. The summed E-state index contributed by atoms with van der Waals surface area (Å²) in [6.07, 6.45) is 1.61. The van der Waals surface area contributed by atoms with Gasteiger partial charge in [0.1, 0.15) is 5.15 Å². The Morgan fingerprint density at radius 2 is 2.11 bits per heavy atom. The summed E-state index contributed by atoms with van der Waals surface area (Å²) >= 11 is 6.26. The molecule has 4 heteroatoms. The van der Waals surface area contributed by atoms with Gasteiger partial charge in [0.25, 0.3) is 0 Å². The zero-order chi connectivity index (χ0) is 13.4. The first-order valence-electron chi connectivity index (χ1n) is 5.58. The van der Waals surface area contributed by atoms with E-state index >= 15 is 0 Å². The maximum Gasteiger partial charge on any atom is 0.331 e. The first kappa shape index (κ1) is 12.7. The number of nitrogens with zero attached hydrogens (tertiary/aromatic N) is 1. The quantitative estimate of drug-likeness (QED) is 0.841. The van der Waals surface area contributed by atoms with Crippen molar-refractivity contribution >= 4 is 34.5 Å². The van der Waals surface area contributed by atoms with Crippen LogP contribution in [0.1, 0.15) is 18.1 Å². The summed E-state index contributed by atoms with van der Waals surface area (Å²) in [6.45, 7) is 3.57. The van der Waals surface area contributed by atoms with E-state index in [0.29, 0.717) is 5.15 Å². The molecule has 0 bridgehead atoms. The van der Waals surface area contributed by atoms with Crippen LogP contribution in [0.2, 0.25) is 5.15 Å². The number of fused-ring (bicyclic) bond motifs is 1. The van der Waals surface area contributed by atoms with E-state index < -0.39 is 5.97 Å². The van der Waals surface area contributed by atoms with Crippen LogP contribution >= 0.6 is 11.6 Å². The molecule has 0 aliphatic heterocycles. The van der Waals surface area contributed by atoms with Gasteiger partial charge in [-0.3, -0.25) is 0 Å². The van der Waals surface area contributed by atoms with E-state index in [1.54, 1.807) is 13.0 Å². The monoisotopic (exact) mass is 263 g/mol. The van der Waals surface area contributed by atoms with Crippen LogP contribution < -0.4 is 0 Å². The Morgan fingerprint density at radius 1 is 1.44 bits per heavy atom.